The Morgan fingerprint density at radius 2 is 2.00 bits per heavy atom. The summed E-state index contributed by atoms with van der Waals surface area (Å²) in [5.74, 6) is 0.808. The second-order valence-corrected chi connectivity index (χ2v) is 7.00. The van der Waals surface area contributed by atoms with Crippen LogP contribution in [0.2, 0.25) is 0 Å². The van der Waals surface area contributed by atoms with Crippen LogP contribution in [0.5, 0.6) is 5.88 Å². The number of anilines is 3. The smallest absolute Gasteiger partial charge is 0.254 e. The highest BCUT2D eigenvalue weighted by Crippen LogP contribution is 2.35. The topological polar surface area (TPSA) is 88.2 Å². The Hall–Kier alpha value is -3.68. The number of ether oxygens (including phenoxy) is 1. The maximum atomic E-state index is 12.9. The third-order valence-corrected chi connectivity index (χ3v) is 4.93. The normalized spacial score (nSPS) is 13.4. The van der Waals surface area contributed by atoms with Gasteiger partial charge in [-0.2, -0.15) is 0 Å². The van der Waals surface area contributed by atoms with E-state index < -0.39 is 6.36 Å². The van der Waals surface area contributed by atoms with Gasteiger partial charge in [0.2, 0.25) is 12.2 Å². The van der Waals surface area contributed by atoms with Gasteiger partial charge in [-0.1, -0.05) is 6.07 Å². The maximum Gasteiger partial charge on any atom is 0.254 e. The van der Waals surface area contributed by atoms with E-state index in [-0.39, 0.29) is 11.8 Å². The van der Waals surface area contributed by atoms with Gasteiger partial charge in [0.1, 0.15) is 5.82 Å². The minimum Gasteiger partial charge on any atom is -0.444 e. The SMILES string of the molecule is CNc1ccc(-c2cnc(Nc3ccc(OC(C)F)nc3)cc2C)c2c1C(=O)NC2. The predicted octanol–water partition coefficient (Wildman–Crippen LogP) is 4.18. The van der Waals surface area contributed by atoms with Crippen molar-refractivity contribution in [1.29, 1.82) is 0 Å². The molecule has 4 rings (SSSR count). The Balaban J connectivity index is 1.60. The van der Waals surface area contributed by atoms with Gasteiger partial charge in [0.15, 0.2) is 0 Å². The summed E-state index contributed by atoms with van der Waals surface area (Å²) in [5.41, 5.74) is 6.16. The number of hydrogen-bond donors (Lipinski definition) is 3. The van der Waals surface area contributed by atoms with E-state index in [9.17, 15) is 9.18 Å². The average Bonchev–Trinajstić information content (AvgIpc) is 3.11. The van der Waals surface area contributed by atoms with Crippen molar-refractivity contribution < 1.29 is 13.9 Å². The Kier molecular flexibility index (Phi) is 5.22. The lowest BCUT2D eigenvalue weighted by Crippen LogP contribution is -2.13. The number of pyridine rings is 2. The molecule has 1 unspecified atom stereocenters. The van der Waals surface area contributed by atoms with Gasteiger partial charge in [0.05, 0.1) is 17.4 Å². The lowest BCUT2D eigenvalue weighted by molar-refractivity contribution is 0.0810. The fourth-order valence-electron chi connectivity index (χ4n) is 3.55. The first kappa shape index (κ1) is 19.6. The summed E-state index contributed by atoms with van der Waals surface area (Å²) in [5, 5.41) is 9.16. The molecule has 8 heteroatoms. The molecule has 1 aromatic carbocycles. The molecule has 0 fully saturated rings. The number of nitrogens with zero attached hydrogens (tertiary/aromatic N) is 2. The number of carbonyl (C=O) groups excluding carboxylic acids is 1. The standard InChI is InChI=1S/C22H22FN5O2/c1-12-8-19(28-14-4-7-20(26-9-14)30-13(2)23)25-10-16(12)15-5-6-18(24-3)21-17(15)11-27-22(21)29/h4-10,13,24H,11H2,1-3H3,(H,25,28)(H,27,29). The van der Waals surface area contributed by atoms with Gasteiger partial charge < -0.3 is 20.7 Å². The van der Waals surface area contributed by atoms with E-state index in [0.717, 1.165) is 27.9 Å². The number of hydrogen-bond acceptors (Lipinski definition) is 6. The van der Waals surface area contributed by atoms with Crippen molar-refractivity contribution in [2.45, 2.75) is 26.7 Å². The molecule has 7 nitrogen and oxygen atoms in total. The lowest BCUT2D eigenvalue weighted by Gasteiger charge is -2.14. The molecule has 0 radical (unpaired) electrons. The van der Waals surface area contributed by atoms with Crippen LogP contribution in [-0.4, -0.2) is 29.3 Å². The van der Waals surface area contributed by atoms with Crippen molar-refractivity contribution >= 4 is 23.1 Å². The first-order valence-corrected chi connectivity index (χ1v) is 9.59. The number of carbonyl (C=O) groups is 1. The van der Waals surface area contributed by atoms with E-state index in [4.69, 9.17) is 4.74 Å². The Morgan fingerprint density at radius 1 is 1.17 bits per heavy atom. The van der Waals surface area contributed by atoms with E-state index in [1.807, 2.05) is 25.1 Å². The molecule has 0 spiro atoms. The zero-order chi connectivity index (χ0) is 21.3. The Labute approximate surface area is 173 Å². The monoisotopic (exact) mass is 407 g/mol. The first-order valence-electron chi connectivity index (χ1n) is 9.59. The number of alkyl halides is 1. The summed E-state index contributed by atoms with van der Waals surface area (Å²) >= 11 is 0. The number of benzene rings is 1. The minimum absolute atomic E-state index is 0.0674. The van der Waals surface area contributed by atoms with Gasteiger partial charge in [-0.05, 0) is 41.8 Å². The van der Waals surface area contributed by atoms with Crippen molar-refractivity contribution in [2.24, 2.45) is 0 Å². The molecule has 2 aromatic heterocycles. The molecule has 3 aromatic rings. The zero-order valence-electron chi connectivity index (χ0n) is 16.9. The summed E-state index contributed by atoms with van der Waals surface area (Å²) in [6, 6.07) is 9.20. The average molecular weight is 407 g/mol. The summed E-state index contributed by atoms with van der Waals surface area (Å²) in [6.07, 6.45) is 1.94. The number of amides is 1. The van der Waals surface area contributed by atoms with Crippen LogP contribution in [-0.2, 0) is 6.54 Å². The maximum absolute atomic E-state index is 12.9. The summed E-state index contributed by atoms with van der Waals surface area (Å²) in [4.78, 5) is 20.8. The molecule has 0 aliphatic carbocycles. The van der Waals surface area contributed by atoms with Crippen LogP contribution in [0, 0.1) is 6.92 Å². The highest BCUT2D eigenvalue weighted by molar-refractivity contribution is 6.05. The van der Waals surface area contributed by atoms with Crippen molar-refractivity contribution in [3.63, 3.8) is 0 Å². The highest BCUT2D eigenvalue weighted by atomic mass is 19.1. The quantitative estimate of drug-likeness (QED) is 0.568. The molecule has 3 heterocycles. The molecular formula is C22H22FN5O2. The number of aromatic nitrogens is 2. The summed E-state index contributed by atoms with van der Waals surface area (Å²) < 4.78 is 17.8. The molecule has 0 saturated carbocycles. The molecule has 1 aliphatic rings. The lowest BCUT2D eigenvalue weighted by atomic mass is 9.94. The predicted molar refractivity (Wildman–Crippen MR) is 114 cm³/mol. The van der Waals surface area contributed by atoms with Crippen LogP contribution >= 0.6 is 0 Å². The van der Waals surface area contributed by atoms with E-state index in [1.54, 1.807) is 31.6 Å². The van der Waals surface area contributed by atoms with Crippen LogP contribution < -0.4 is 20.7 Å². The number of rotatable bonds is 6. The van der Waals surface area contributed by atoms with Crippen molar-refractivity contribution in [3.05, 3.63) is 59.4 Å². The van der Waals surface area contributed by atoms with Gasteiger partial charge in [-0.15, -0.1) is 0 Å². The van der Waals surface area contributed by atoms with Gasteiger partial charge in [-0.25, -0.2) is 14.4 Å². The second kappa shape index (κ2) is 7.98. The molecule has 3 N–H and O–H groups in total. The zero-order valence-corrected chi connectivity index (χ0v) is 16.9. The van der Waals surface area contributed by atoms with Crippen molar-refractivity contribution in [1.82, 2.24) is 15.3 Å². The number of aryl methyl sites for hydroxylation is 1. The van der Waals surface area contributed by atoms with Crippen LogP contribution in [0.25, 0.3) is 11.1 Å². The fourth-order valence-corrected chi connectivity index (χ4v) is 3.55. The van der Waals surface area contributed by atoms with E-state index in [0.29, 0.717) is 23.6 Å². The van der Waals surface area contributed by atoms with Crippen molar-refractivity contribution in [3.8, 4) is 17.0 Å². The Bertz CT molecular complexity index is 1100. The fraction of sp³-hybridized carbons (Fsp3) is 0.227. The molecular weight excluding hydrogens is 385 g/mol. The van der Waals surface area contributed by atoms with Gasteiger partial charge in [-0.3, -0.25) is 4.79 Å². The molecule has 1 aliphatic heterocycles. The highest BCUT2D eigenvalue weighted by Gasteiger charge is 2.26. The third kappa shape index (κ3) is 3.76. The molecule has 0 bridgehead atoms. The number of fused-ring (bicyclic) bond motifs is 1. The molecule has 1 amide bonds. The second-order valence-electron chi connectivity index (χ2n) is 7.00. The minimum atomic E-state index is -1.41. The molecule has 30 heavy (non-hydrogen) atoms. The van der Waals surface area contributed by atoms with Crippen LogP contribution in [0.15, 0.2) is 42.7 Å². The van der Waals surface area contributed by atoms with Crippen LogP contribution in [0.4, 0.5) is 21.6 Å². The van der Waals surface area contributed by atoms with E-state index >= 15 is 0 Å². The van der Waals surface area contributed by atoms with Gasteiger partial charge in [0, 0.05) is 44.0 Å². The molecule has 1 atom stereocenters. The molecule has 0 saturated heterocycles. The Morgan fingerprint density at radius 3 is 2.67 bits per heavy atom. The first-order chi connectivity index (χ1) is 14.5. The third-order valence-electron chi connectivity index (χ3n) is 4.93. The largest absolute Gasteiger partial charge is 0.444 e. The summed E-state index contributed by atoms with van der Waals surface area (Å²) in [6.45, 7) is 3.80. The van der Waals surface area contributed by atoms with Crippen LogP contribution in [0.1, 0.15) is 28.4 Å². The summed E-state index contributed by atoms with van der Waals surface area (Å²) in [7, 11) is 1.81. The number of nitrogens with one attached hydrogen (secondary N) is 3. The van der Waals surface area contributed by atoms with Gasteiger partial charge in [0.25, 0.3) is 5.91 Å². The van der Waals surface area contributed by atoms with E-state index in [1.165, 1.54) is 6.92 Å². The van der Waals surface area contributed by atoms with Crippen LogP contribution in [0.3, 0.4) is 0 Å². The van der Waals surface area contributed by atoms with Gasteiger partial charge >= 0.3 is 0 Å². The molecule has 154 valence electrons. The van der Waals surface area contributed by atoms with E-state index in [2.05, 4.69) is 25.9 Å². The van der Waals surface area contributed by atoms with Crippen molar-refractivity contribution in [2.75, 3.05) is 17.7 Å². The number of halogens is 1.